The number of aromatic nitrogens is 1. The lowest BCUT2D eigenvalue weighted by Crippen LogP contribution is -2.14. The minimum Gasteiger partial charge on any atom is -0.481 e. The minimum atomic E-state index is -4.78. The third kappa shape index (κ3) is 4.49. The number of carbonyl (C=O) groups excluding carboxylic acids is 1. The summed E-state index contributed by atoms with van der Waals surface area (Å²) in [5.74, 6) is -3.30. The van der Waals surface area contributed by atoms with Crippen molar-refractivity contribution in [2.24, 2.45) is 0 Å². The van der Waals surface area contributed by atoms with Gasteiger partial charge in [-0.3, -0.25) is 14.9 Å². The monoisotopic (exact) mass is 348 g/mol. The number of nitrogens with one attached hydrogen (secondary N) is 1. The molecule has 0 spiro atoms. The number of carboxylic acid groups (broad SMARTS) is 1. The number of anilines is 1. The fourth-order valence-electron chi connectivity index (χ4n) is 1.65. The normalized spacial score (nSPS) is 11.3. The molecular weight excluding hydrogens is 340 g/mol. The molecule has 23 heavy (non-hydrogen) atoms. The maximum absolute atomic E-state index is 13.2. The molecule has 1 aromatic carbocycles. The third-order valence-corrected chi connectivity index (χ3v) is 3.40. The van der Waals surface area contributed by atoms with Crippen LogP contribution in [0.1, 0.15) is 21.6 Å². The van der Waals surface area contributed by atoms with Crippen LogP contribution in [0.3, 0.4) is 0 Å². The molecule has 1 amide bonds. The van der Waals surface area contributed by atoms with Gasteiger partial charge in [0.25, 0.3) is 5.91 Å². The van der Waals surface area contributed by atoms with E-state index in [1.54, 1.807) is 0 Å². The van der Waals surface area contributed by atoms with E-state index in [2.05, 4.69) is 10.3 Å². The molecular formula is C13H8F4N2O3S. The standard InChI is InChI=1S/C13H8F4N2O3S/c14-8-2-6(1-7(3-8)13(15,16)17)11(22)19-12-18-9(5-23-12)4-10(20)21/h1-3,5H,4H2,(H,20,21)(H,18,19,22). The predicted octanol–water partition coefficient (Wildman–Crippen LogP) is 3.18. The van der Waals surface area contributed by atoms with E-state index in [1.807, 2.05) is 0 Å². The molecule has 0 aliphatic heterocycles. The van der Waals surface area contributed by atoms with Crippen molar-refractivity contribution in [3.63, 3.8) is 0 Å². The van der Waals surface area contributed by atoms with Crippen LogP contribution in [0.4, 0.5) is 22.7 Å². The number of amides is 1. The summed E-state index contributed by atoms with van der Waals surface area (Å²) in [6, 6.07) is 1.46. The molecule has 0 atom stereocenters. The van der Waals surface area contributed by atoms with Crippen molar-refractivity contribution in [1.29, 1.82) is 0 Å². The number of alkyl halides is 3. The molecule has 1 aromatic heterocycles. The smallest absolute Gasteiger partial charge is 0.416 e. The number of aliphatic carboxylic acids is 1. The molecule has 2 aromatic rings. The fraction of sp³-hybridized carbons (Fsp3) is 0.154. The Hall–Kier alpha value is -2.49. The first-order chi connectivity index (χ1) is 10.6. The Balaban J connectivity index is 2.19. The zero-order valence-corrected chi connectivity index (χ0v) is 12.0. The van der Waals surface area contributed by atoms with Gasteiger partial charge in [0.05, 0.1) is 17.7 Å². The first kappa shape index (κ1) is 16.9. The van der Waals surface area contributed by atoms with Crippen LogP contribution in [0.25, 0.3) is 0 Å². The highest BCUT2D eigenvalue weighted by Crippen LogP contribution is 2.30. The molecule has 5 nitrogen and oxygen atoms in total. The molecule has 0 saturated carbocycles. The quantitative estimate of drug-likeness (QED) is 0.832. The highest BCUT2D eigenvalue weighted by Gasteiger charge is 2.32. The summed E-state index contributed by atoms with van der Waals surface area (Å²) in [4.78, 5) is 26.2. The van der Waals surface area contributed by atoms with Gasteiger partial charge in [-0.2, -0.15) is 13.2 Å². The number of carboxylic acids is 1. The number of carbonyl (C=O) groups is 2. The van der Waals surface area contributed by atoms with Crippen LogP contribution in [-0.2, 0) is 17.4 Å². The Morgan fingerprint density at radius 3 is 2.57 bits per heavy atom. The molecule has 10 heteroatoms. The second-order valence-electron chi connectivity index (χ2n) is 4.39. The lowest BCUT2D eigenvalue weighted by molar-refractivity contribution is -0.138. The number of hydrogen-bond donors (Lipinski definition) is 2. The SMILES string of the molecule is O=C(O)Cc1csc(NC(=O)c2cc(F)cc(C(F)(F)F)c2)n1. The van der Waals surface area contributed by atoms with Crippen molar-refractivity contribution in [3.05, 3.63) is 46.2 Å². The maximum Gasteiger partial charge on any atom is 0.416 e. The average Bonchev–Trinajstić information content (AvgIpc) is 2.83. The molecule has 0 aliphatic carbocycles. The lowest BCUT2D eigenvalue weighted by Gasteiger charge is -2.09. The van der Waals surface area contributed by atoms with E-state index in [4.69, 9.17) is 5.11 Å². The van der Waals surface area contributed by atoms with Crippen molar-refractivity contribution >= 4 is 28.3 Å². The van der Waals surface area contributed by atoms with Gasteiger partial charge in [-0.1, -0.05) is 0 Å². The number of hydrogen-bond acceptors (Lipinski definition) is 4. The molecule has 0 unspecified atom stereocenters. The number of rotatable bonds is 4. The van der Waals surface area contributed by atoms with Gasteiger partial charge in [-0.25, -0.2) is 9.37 Å². The summed E-state index contributed by atoms with van der Waals surface area (Å²) in [6.45, 7) is 0. The summed E-state index contributed by atoms with van der Waals surface area (Å²) in [7, 11) is 0. The van der Waals surface area contributed by atoms with E-state index < -0.39 is 35.0 Å². The lowest BCUT2D eigenvalue weighted by atomic mass is 10.1. The second kappa shape index (κ2) is 6.32. The fourth-order valence-corrected chi connectivity index (χ4v) is 2.36. The zero-order chi connectivity index (χ0) is 17.2. The Bertz CT molecular complexity index is 758. The first-order valence-corrected chi connectivity index (χ1v) is 6.88. The van der Waals surface area contributed by atoms with E-state index in [0.29, 0.717) is 12.1 Å². The molecule has 122 valence electrons. The van der Waals surface area contributed by atoms with Gasteiger partial charge in [0.2, 0.25) is 0 Å². The van der Waals surface area contributed by atoms with Gasteiger partial charge in [0, 0.05) is 10.9 Å². The highest BCUT2D eigenvalue weighted by molar-refractivity contribution is 7.14. The topological polar surface area (TPSA) is 79.3 Å². The van der Waals surface area contributed by atoms with Gasteiger partial charge in [0.1, 0.15) is 5.82 Å². The molecule has 2 rings (SSSR count). The first-order valence-electron chi connectivity index (χ1n) is 6.00. The summed E-state index contributed by atoms with van der Waals surface area (Å²) in [6.07, 6.45) is -5.14. The van der Waals surface area contributed by atoms with E-state index >= 15 is 0 Å². The third-order valence-electron chi connectivity index (χ3n) is 2.59. The minimum absolute atomic E-state index is 0.00377. The molecule has 0 aliphatic rings. The Kier molecular flexibility index (Phi) is 4.64. The number of thiazole rings is 1. The molecule has 1 heterocycles. The number of benzene rings is 1. The summed E-state index contributed by atoms with van der Waals surface area (Å²) in [5.41, 5.74) is -1.62. The van der Waals surface area contributed by atoms with Crippen LogP contribution in [0.15, 0.2) is 23.6 Å². The number of halogens is 4. The molecule has 0 bridgehead atoms. The van der Waals surface area contributed by atoms with Gasteiger partial charge in [-0.15, -0.1) is 11.3 Å². The van der Waals surface area contributed by atoms with Crippen molar-refractivity contribution in [2.45, 2.75) is 12.6 Å². The van der Waals surface area contributed by atoms with Crippen molar-refractivity contribution < 1.29 is 32.3 Å². The van der Waals surface area contributed by atoms with E-state index in [0.717, 1.165) is 11.3 Å². The van der Waals surface area contributed by atoms with Crippen molar-refractivity contribution in [2.75, 3.05) is 5.32 Å². The van der Waals surface area contributed by atoms with Crippen molar-refractivity contribution in [1.82, 2.24) is 4.98 Å². The van der Waals surface area contributed by atoms with Crippen LogP contribution in [-0.4, -0.2) is 22.0 Å². The Labute approximate surface area is 130 Å². The Morgan fingerprint density at radius 1 is 1.26 bits per heavy atom. The summed E-state index contributed by atoms with van der Waals surface area (Å²) < 4.78 is 51.0. The molecule has 0 radical (unpaired) electrons. The van der Waals surface area contributed by atoms with Gasteiger partial charge < -0.3 is 5.11 Å². The summed E-state index contributed by atoms with van der Waals surface area (Å²) >= 11 is 0.906. The molecule has 0 fully saturated rings. The van der Waals surface area contributed by atoms with Gasteiger partial charge in [-0.05, 0) is 18.2 Å². The summed E-state index contributed by atoms with van der Waals surface area (Å²) in [5, 5.41) is 12.2. The van der Waals surface area contributed by atoms with Gasteiger partial charge >= 0.3 is 12.1 Å². The van der Waals surface area contributed by atoms with Crippen LogP contribution in [0, 0.1) is 5.82 Å². The van der Waals surface area contributed by atoms with Crippen LogP contribution >= 0.6 is 11.3 Å². The van der Waals surface area contributed by atoms with Crippen molar-refractivity contribution in [3.8, 4) is 0 Å². The van der Waals surface area contributed by atoms with E-state index in [1.165, 1.54) is 5.38 Å². The van der Waals surface area contributed by atoms with E-state index in [-0.39, 0.29) is 23.3 Å². The van der Waals surface area contributed by atoms with E-state index in [9.17, 15) is 27.2 Å². The predicted molar refractivity (Wildman–Crippen MR) is 72.8 cm³/mol. The maximum atomic E-state index is 13.2. The zero-order valence-electron chi connectivity index (χ0n) is 11.1. The van der Waals surface area contributed by atoms with Crippen LogP contribution < -0.4 is 5.32 Å². The average molecular weight is 348 g/mol. The number of nitrogens with zero attached hydrogens (tertiary/aromatic N) is 1. The second-order valence-corrected chi connectivity index (χ2v) is 5.25. The van der Waals surface area contributed by atoms with Crippen LogP contribution in [0.5, 0.6) is 0 Å². The molecule has 2 N–H and O–H groups in total. The Morgan fingerprint density at radius 2 is 1.96 bits per heavy atom. The van der Waals surface area contributed by atoms with Gasteiger partial charge in [0.15, 0.2) is 5.13 Å². The largest absolute Gasteiger partial charge is 0.481 e. The molecule has 0 saturated heterocycles. The highest BCUT2D eigenvalue weighted by atomic mass is 32.1. The van der Waals surface area contributed by atoms with Crippen LogP contribution in [0.2, 0.25) is 0 Å².